The molecular weight excluding hydrogens is 416 g/mol. The number of hydrogen-bond donors (Lipinski definition) is 1. The number of nitrogens with zero attached hydrogens (tertiary/aromatic N) is 3. The van der Waals surface area contributed by atoms with Gasteiger partial charge in [0, 0.05) is 29.9 Å². The number of carbonyl (C=O) groups is 1. The first-order valence-electron chi connectivity index (χ1n) is 10.5. The lowest BCUT2D eigenvalue weighted by molar-refractivity contribution is -0.129. The van der Waals surface area contributed by atoms with Gasteiger partial charge in [0.05, 0.1) is 16.9 Å². The number of carbonyl (C=O) groups excluding carboxylic acids is 1. The third-order valence-corrected chi connectivity index (χ3v) is 7.86. The van der Waals surface area contributed by atoms with Crippen molar-refractivity contribution in [3.8, 4) is 0 Å². The predicted molar refractivity (Wildman–Crippen MR) is 121 cm³/mol. The lowest BCUT2D eigenvalue weighted by Gasteiger charge is -2.22. The van der Waals surface area contributed by atoms with Crippen LogP contribution in [0.15, 0.2) is 29.3 Å². The summed E-state index contributed by atoms with van der Waals surface area (Å²) in [6.45, 7) is 0.633. The van der Waals surface area contributed by atoms with Gasteiger partial charge >= 0.3 is 0 Å². The number of fused-ring (bicyclic) bond motifs is 3. The Morgan fingerprint density at radius 2 is 2.03 bits per heavy atom. The van der Waals surface area contributed by atoms with Crippen molar-refractivity contribution in [3.05, 3.63) is 56.7 Å². The summed E-state index contributed by atoms with van der Waals surface area (Å²) in [5.41, 5.74) is 2.28. The molecule has 5 rings (SSSR count). The lowest BCUT2D eigenvalue weighted by atomic mass is 9.97. The SMILES string of the molecule is O=C(CSCc1nc2sc3c(c2c(=O)[nH]1)CCCC3)N(Cc1ccncc1)C1CC1. The van der Waals surface area contributed by atoms with Crippen LogP contribution < -0.4 is 5.56 Å². The summed E-state index contributed by atoms with van der Waals surface area (Å²) in [7, 11) is 0. The lowest BCUT2D eigenvalue weighted by Crippen LogP contribution is -2.34. The monoisotopic (exact) mass is 440 g/mol. The molecule has 0 spiro atoms. The van der Waals surface area contributed by atoms with Gasteiger partial charge in [-0.15, -0.1) is 23.1 Å². The smallest absolute Gasteiger partial charge is 0.259 e. The van der Waals surface area contributed by atoms with Crippen molar-refractivity contribution in [2.75, 3.05) is 5.75 Å². The van der Waals surface area contributed by atoms with E-state index in [9.17, 15) is 9.59 Å². The van der Waals surface area contributed by atoms with Crippen LogP contribution >= 0.6 is 23.1 Å². The molecule has 0 saturated heterocycles. The Labute approximate surface area is 183 Å². The third kappa shape index (κ3) is 4.16. The highest BCUT2D eigenvalue weighted by molar-refractivity contribution is 7.99. The Balaban J connectivity index is 1.24. The van der Waals surface area contributed by atoms with E-state index in [4.69, 9.17) is 4.98 Å². The summed E-state index contributed by atoms with van der Waals surface area (Å²) in [5, 5.41) is 0.789. The fourth-order valence-electron chi connectivity index (χ4n) is 4.09. The third-order valence-electron chi connectivity index (χ3n) is 5.75. The van der Waals surface area contributed by atoms with Gasteiger partial charge in [-0.1, -0.05) is 0 Å². The van der Waals surface area contributed by atoms with Gasteiger partial charge in [-0.25, -0.2) is 4.98 Å². The van der Waals surface area contributed by atoms with Crippen molar-refractivity contribution in [1.29, 1.82) is 0 Å². The summed E-state index contributed by atoms with van der Waals surface area (Å²) in [6, 6.07) is 4.28. The molecule has 156 valence electrons. The number of rotatable bonds is 7. The maximum absolute atomic E-state index is 12.8. The predicted octanol–water partition coefficient (Wildman–Crippen LogP) is 3.68. The number of nitrogens with one attached hydrogen (secondary N) is 1. The fourth-order valence-corrected chi connectivity index (χ4v) is 6.14. The van der Waals surface area contributed by atoms with Gasteiger partial charge in [0.15, 0.2) is 0 Å². The Morgan fingerprint density at radius 3 is 2.83 bits per heavy atom. The number of H-pyrrole nitrogens is 1. The largest absolute Gasteiger partial charge is 0.335 e. The van der Waals surface area contributed by atoms with Crippen LogP contribution in [0.5, 0.6) is 0 Å². The molecule has 1 amide bonds. The number of aromatic nitrogens is 3. The molecule has 0 aliphatic heterocycles. The van der Waals surface area contributed by atoms with Gasteiger partial charge < -0.3 is 9.88 Å². The van der Waals surface area contributed by atoms with Gasteiger partial charge in [-0.05, 0) is 61.8 Å². The maximum atomic E-state index is 12.8. The summed E-state index contributed by atoms with van der Waals surface area (Å²) in [5.74, 6) is 1.74. The molecule has 3 aromatic rings. The van der Waals surface area contributed by atoms with Gasteiger partial charge in [-0.2, -0.15) is 0 Å². The zero-order valence-electron chi connectivity index (χ0n) is 16.7. The molecule has 1 saturated carbocycles. The highest BCUT2D eigenvalue weighted by Crippen LogP contribution is 2.34. The van der Waals surface area contributed by atoms with E-state index in [-0.39, 0.29) is 11.5 Å². The first kappa shape index (κ1) is 19.8. The van der Waals surface area contributed by atoms with E-state index in [0.29, 0.717) is 29.9 Å². The molecule has 0 radical (unpaired) electrons. The zero-order chi connectivity index (χ0) is 20.5. The van der Waals surface area contributed by atoms with E-state index in [1.54, 1.807) is 23.7 Å². The van der Waals surface area contributed by atoms with Crippen LogP contribution in [0.4, 0.5) is 0 Å². The number of hydrogen-bond acceptors (Lipinski definition) is 6. The van der Waals surface area contributed by atoms with Crippen LogP contribution in [-0.4, -0.2) is 37.6 Å². The fraction of sp³-hybridized carbons (Fsp3) is 0.455. The van der Waals surface area contributed by atoms with Crippen molar-refractivity contribution >= 4 is 39.2 Å². The second-order valence-corrected chi connectivity index (χ2v) is 10.1. The number of pyridine rings is 1. The van der Waals surface area contributed by atoms with E-state index < -0.39 is 0 Å². The molecule has 0 unspecified atom stereocenters. The van der Waals surface area contributed by atoms with E-state index >= 15 is 0 Å². The quantitative estimate of drug-likeness (QED) is 0.606. The number of amides is 1. The van der Waals surface area contributed by atoms with Crippen LogP contribution in [0.1, 0.15) is 47.5 Å². The maximum Gasteiger partial charge on any atom is 0.259 e. The highest BCUT2D eigenvalue weighted by Gasteiger charge is 2.32. The van der Waals surface area contributed by atoms with Crippen LogP contribution in [0, 0.1) is 0 Å². The standard InChI is InChI=1S/C22H24N4O2S2/c27-19(26(15-5-6-15)11-14-7-9-23-10-8-14)13-29-12-18-24-21(28)20-16-3-1-2-4-17(16)30-22(20)25-18/h7-10,15H,1-6,11-13H2,(H,24,25,28). The van der Waals surface area contributed by atoms with E-state index in [2.05, 4.69) is 9.97 Å². The molecule has 3 heterocycles. The Bertz CT molecular complexity index is 1120. The number of thiophene rings is 1. The van der Waals surface area contributed by atoms with Crippen molar-refractivity contribution in [3.63, 3.8) is 0 Å². The molecule has 0 aromatic carbocycles. The van der Waals surface area contributed by atoms with Crippen molar-refractivity contribution in [2.24, 2.45) is 0 Å². The minimum Gasteiger partial charge on any atom is -0.335 e. The van der Waals surface area contributed by atoms with Gasteiger partial charge in [0.2, 0.25) is 5.91 Å². The molecule has 6 nitrogen and oxygen atoms in total. The van der Waals surface area contributed by atoms with Crippen LogP contribution in [0.2, 0.25) is 0 Å². The molecular formula is C22H24N4O2S2. The second kappa shape index (κ2) is 8.51. The molecule has 2 aliphatic carbocycles. The summed E-state index contributed by atoms with van der Waals surface area (Å²) in [4.78, 5) is 41.4. The molecule has 1 fully saturated rings. The van der Waals surface area contributed by atoms with Crippen molar-refractivity contribution in [2.45, 2.75) is 56.9 Å². The number of aryl methyl sites for hydroxylation is 2. The van der Waals surface area contributed by atoms with Gasteiger partial charge in [0.1, 0.15) is 10.7 Å². The average molecular weight is 441 g/mol. The number of aromatic amines is 1. The minimum absolute atomic E-state index is 0.0291. The molecule has 30 heavy (non-hydrogen) atoms. The van der Waals surface area contributed by atoms with Crippen molar-refractivity contribution < 1.29 is 4.79 Å². The first-order chi connectivity index (χ1) is 14.7. The molecule has 2 aliphatic rings. The molecule has 0 bridgehead atoms. The van der Waals surface area contributed by atoms with Gasteiger partial charge in [0.25, 0.3) is 5.56 Å². The van der Waals surface area contributed by atoms with E-state index in [1.807, 2.05) is 17.0 Å². The Hall–Kier alpha value is -2.19. The summed E-state index contributed by atoms with van der Waals surface area (Å²) in [6.07, 6.45) is 10.1. The van der Waals surface area contributed by atoms with Crippen LogP contribution in [0.3, 0.4) is 0 Å². The van der Waals surface area contributed by atoms with E-state index in [1.165, 1.54) is 28.6 Å². The van der Waals surface area contributed by atoms with Crippen LogP contribution in [-0.2, 0) is 29.9 Å². The topological polar surface area (TPSA) is 79.0 Å². The minimum atomic E-state index is -0.0291. The first-order valence-corrected chi connectivity index (χ1v) is 12.5. The molecule has 0 atom stereocenters. The molecule has 3 aromatic heterocycles. The van der Waals surface area contributed by atoms with Crippen LogP contribution in [0.25, 0.3) is 10.2 Å². The second-order valence-electron chi connectivity index (χ2n) is 8.00. The Kier molecular flexibility index (Phi) is 5.60. The zero-order valence-corrected chi connectivity index (χ0v) is 18.4. The van der Waals surface area contributed by atoms with E-state index in [0.717, 1.165) is 47.9 Å². The Morgan fingerprint density at radius 1 is 1.23 bits per heavy atom. The summed E-state index contributed by atoms with van der Waals surface area (Å²) >= 11 is 3.18. The van der Waals surface area contributed by atoms with Crippen molar-refractivity contribution in [1.82, 2.24) is 19.9 Å². The molecule has 8 heteroatoms. The highest BCUT2D eigenvalue weighted by atomic mass is 32.2. The van der Waals surface area contributed by atoms with Gasteiger partial charge in [-0.3, -0.25) is 14.6 Å². The normalized spacial score (nSPS) is 15.9. The summed E-state index contributed by atoms with van der Waals surface area (Å²) < 4.78 is 0. The average Bonchev–Trinajstić information content (AvgIpc) is 3.52. The number of thioether (sulfide) groups is 1. The molecule has 1 N–H and O–H groups in total.